The summed E-state index contributed by atoms with van der Waals surface area (Å²) in [6.45, 7) is 2.92. The molecule has 100 valence electrons. The zero-order chi connectivity index (χ0) is 13.2. The van der Waals surface area contributed by atoms with E-state index in [2.05, 4.69) is 29.3 Å². The molecule has 0 atom stereocenters. The Labute approximate surface area is 110 Å². The Bertz CT molecular complexity index is 408. The van der Waals surface area contributed by atoms with Gasteiger partial charge in [0.05, 0.1) is 0 Å². The fourth-order valence-corrected chi connectivity index (χ4v) is 2.71. The van der Waals surface area contributed by atoms with Gasteiger partial charge in [0.15, 0.2) is 0 Å². The van der Waals surface area contributed by atoms with Gasteiger partial charge in [-0.15, -0.1) is 0 Å². The highest BCUT2D eigenvalue weighted by atomic mass is 15.2. The van der Waals surface area contributed by atoms with Gasteiger partial charge in [0.25, 0.3) is 0 Å². The first-order valence-corrected chi connectivity index (χ1v) is 6.67. The molecule has 0 amide bonds. The van der Waals surface area contributed by atoms with Gasteiger partial charge in [-0.2, -0.15) is 0 Å². The van der Waals surface area contributed by atoms with Gasteiger partial charge >= 0.3 is 0 Å². The fraction of sp³-hybridized carbons (Fsp3) is 0.643. The Morgan fingerprint density at radius 2 is 2.06 bits per heavy atom. The van der Waals surface area contributed by atoms with Gasteiger partial charge in [-0.25, -0.2) is 4.98 Å². The molecule has 0 aromatic carbocycles. The lowest BCUT2D eigenvalue weighted by molar-refractivity contribution is 0.172. The monoisotopic (exact) mass is 248 g/mol. The number of hydrogen-bond acceptors (Lipinski definition) is 4. The summed E-state index contributed by atoms with van der Waals surface area (Å²) in [7, 11) is 4.34. The third-order valence-electron chi connectivity index (χ3n) is 4.23. The number of rotatable bonds is 4. The van der Waals surface area contributed by atoms with Crippen molar-refractivity contribution in [1.29, 1.82) is 0 Å². The number of pyridine rings is 1. The molecule has 0 bridgehead atoms. The summed E-state index contributed by atoms with van der Waals surface area (Å²) >= 11 is 0. The zero-order valence-electron chi connectivity index (χ0n) is 11.7. The molecule has 1 heterocycles. The Morgan fingerprint density at radius 3 is 2.61 bits per heavy atom. The highest BCUT2D eigenvalue weighted by Crippen LogP contribution is 2.33. The van der Waals surface area contributed by atoms with Crippen LogP contribution in [-0.2, 0) is 0 Å². The average molecular weight is 248 g/mol. The minimum atomic E-state index is 0.279. The molecule has 4 nitrogen and oxygen atoms in total. The van der Waals surface area contributed by atoms with E-state index in [0.717, 1.165) is 23.6 Å². The summed E-state index contributed by atoms with van der Waals surface area (Å²) in [5.41, 5.74) is 8.02. The molecule has 1 aromatic rings. The number of hydrogen-bond donors (Lipinski definition) is 2. The second-order valence-electron chi connectivity index (χ2n) is 5.61. The van der Waals surface area contributed by atoms with Crippen LogP contribution in [0.1, 0.15) is 31.2 Å². The largest absolute Gasteiger partial charge is 0.398 e. The molecule has 0 saturated heterocycles. The number of nitrogen functional groups attached to an aromatic ring is 1. The number of aryl methyl sites for hydroxylation is 1. The van der Waals surface area contributed by atoms with E-state index in [-0.39, 0.29) is 5.54 Å². The van der Waals surface area contributed by atoms with Gasteiger partial charge < -0.3 is 16.0 Å². The first-order chi connectivity index (χ1) is 8.53. The number of likely N-dealkylation sites (N-methyl/N-ethyl adjacent to an activating group) is 1. The van der Waals surface area contributed by atoms with Crippen molar-refractivity contribution in [2.24, 2.45) is 0 Å². The highest BCUT2D eigenvalue weighted by Gasteiger charge is 2.35. The number of aromatic nitrogens is 1. The van der Waals surface area contributed by atoms with Gasteiger partial charge in [0.2, 0.25) is 0 Å². The zero-order valence-corrected chi connectivity index (χ0v) is 11.7. The van der Waals surface area contributed by atoms with E-state index in [9.17, 15) is 0 Å². The van der Waals surface area contributed by atoms with E-state index in [1.54, 1.807) is 0 Å². The molecule has 1 aliphatic carbocycles. The summed E-state index contributed by atoms with van der Waals surface area (Å²) in [4.78, 5) is 6.73. The molecular weight excluding hydrogens is 224 g/mol. The molecule has 0 aliphatic heterocycles. The number of nitrogens with one attached hydrogen (secondary N) is 1. The van der Waals surface area contributed by atoms with E-state index >= 15 is 0 Å². The smallest absolute Gasteiger partial charge is 0.128 e. The van der Waals surface area contributed by atoms with Crippen LogP contribution in [0.2, 0.25) is 0 Å². The van der Waals surface area contributed by atoms with Gasteiger partial charge in [-0.05, 0) is 39.4 Å². The molecule has 2 rings (SSSR count). The molecule has 1 saturated carbocycles. The lowest BCUT2D eigenvalue weighted by atomic mass is 9.96. The standard InChI is InChI=1S/C14H24N4/c1-11-9-16-13(8-12(11)15)17-10-14(18(2)3)6-4-5-7-14/h8-9H,4-7,10H2,1-3H3,(H3,15,16,17). The summed E-state index contributed by atoms with van der Waals surface area (Å²) in [6, 6.07) is 1.92. The molecule has 1 aliphatic rings. The van der Waals surface area contributed by atoms with Crippen molar-refractivity contribution in [1.82, 2.24) is 9.88 Å². The Kier molecular flexibility index (Phi) is 3.76. The van der Waals surface area contributed by atoms with Crippen LogP contribution in [0.3, 0.4) is 0 Å². The SMILES string of the molecule is Cc1cnc(NCC2(N(C)C)CCCC2)cc1N. The van der Waals surface area contributed by atoms with Gasteiger partial charge in [0, 0.05) is 30.0 Å². The van der Waals surface area contributed by atoms with E-state index in [1.807, 2.05) is 19.2 Å². The lowest BCUT2D eigenvalue weighted by Crippen LogP contribution is -2.47. The highest BCUT2D eigenvalue weighted by molar-refractivity contribution is 5.53. The lowest BCUT2D eigenvalue weighted by Gasteiger charge is -2.36. The Morgan fingerprint density at radius 1 is 1.39 bits per heavy atom. The van der Waals surface area contributed by atoms with Crippen molar-refractivity contribution in [2.75, 3.05) is 31.7 Å². The van der Waals surface area contributed by atoms with Crippen LogP contribution in [0.4, 0.5) is 11.5 Å². The Hall–Kier alpha value is -1.29. The van der Waals surface area contributed by atoms with Crippen LogP contribution in [-0.4, -0.2) is 36.1 Å². The second kappa shape index (κ2) is 5.14. The van der Waals surface area contributed by atoms with Crippen molar-refractivity contribution in [3.63, 3.8) is 0 Å². The van der Waals surface area contributed by atoms with Crippen molar-refractivity contribution in [3.05, 3.63) is 17.8 Å². The van der Waals surface area contributed by atoms with Crippen molar-refractivity contribution in [2.45, 2.75) is 38.1 Å². The minimum Gasteiger partial charge on any atom is -0.398 e. The predicted octanol–water partition coefficient (Wildman–Crippen LogP) is 2.26. The number of nitrogens with zero attached hydrogens (tertiary/aromatic N) is 2. The fourth-order valence-electron chi connectivity index (χ4n) is 2.71. The van der Waals surface area contributed by atoms with Gasteiger partial charge in [-0.1, -0.05) is 12.8 Å². The van der Waals surface area contributed by atoms with Crippen LogP contribution in [0.15, 0.2) is 12.3 Å². The molecule has 1 fully saturated rings. The van der Waals surface area contributed by atoms with Crippen molar-refractivity contribution < 1.29 is 0 Å². The van der Waals surface area contributed by atoms with Crippen LogP contribution in [0, 0.1) is 6.92 Å². The molecule has 1 aromatic heterocycles. The summed E-state index contributed by atoms with van der Waals surface area (Å²) < 4.78 is 0. The molecule has 0 spiro atoms. The third kappa shape index (κ3) is 2.58. The van der Waals surface area contributed by atoms with Crippen LogP contribution < -0.4 is 11.1 Å². The quantitative estimate of drug-likeness (QED) is 0.858. The maximum absolute atomic E-state index is 5.91. The van der Waals surface area contributed by atoms with Crippen molar-refractivity contribution >= 4 is 11.5 Å². The third-order valence-corrected chi connectivity index (χ3v) is 4.23. The summed E-state index contributed by atoms with van der Waals surface area (Å²) in [5, 5.41) is 3.44. The Balaban J connectivity index is 2.03. The molecule has 3 N–H and O–H groups in total. The maximum Gasteiger partial charge on any atom is 0.128 e. The molecular formula is C14H24N4. The molecule has 0 radical (unpaired) electrons. The van der Waals surface area contributed by atoms with Gasteiger partial charge in [-0.3, -0.25) is 0 Å². The van der Waals surface area contributed by atoms with Gasteiger partial charge in [0.1, 0.15) is 5.82 Å². The molecule has 0 unspecified atom stereocenters. The summed E-state index contributed by atoms with van der Waals surface area (Å²) in [6.07, 6.45) is 6.99. The normalized spacial score (nSPS) is 18.2. The average Bonchev–Trinajstić information content (AvgIpc) is 2.81. The molecule has 18 heavy (non-hydrogen) atoms. The van der Waals surface area contributed by atoms with Crippen molar-refractivity contribution in [3.8, 4) is 0 Å². The van der Waals surface area contributed by atoms with E-state index in [4.69, 9.17) is 5.73 Å². The van der Waals surface area contributed by atoms with Crippen LogP contribution >= 0.6 is 0 Å². The maximum atomic E-state index is 5.91. The minimum absolute atomic E-state index is 0.279. The first-order valence-electron chi connectivity index (χ1n) is 6.67. The van der Waals surface area contributed by atoms with Crippen LogP contribution in [0.5, 0.6) is 0 Å². The topological polar surface area (TPSA) is 54.2 Å². The second-order valence-corrected chi connectivity index (χ2v) is 5.61. The molecule has 4 heteroatoms. The number of nitrogens with two attached hydrogens (primary N) is 1. The van der Waals surface area contributed by atoms with E-state index in [0.29, 0.717) is 0 Å². The first kappa shape index (κ1) is 13.1. The van der Waals surface area contributed by atoms with E-state index in [1.165, 1.54) is 25.7 Å². The predicted molar refractivity (Wildman–Crippen MR) is 76.8 cm³/mol. The van der Waals surface area contributed by atoms with Crippen LogP contribution in [0.25, 0.3) is 0 Å². The number of anilines is 2. The summed E-state index contributed by atoms with van der Waals surface area (Å²) in [5.74, 6) is 0.881. The van der Waals surface area contributed by atoms with E-state index < -0.39 is 0 Å².